The Balaban J connectivity index is 2.00. The fraction of sp³-hybridized carbons (Fsp3) is 0.316. The number of thiophene rings is 1. The number of fused-ring (bicyclic) bond motifs is 1. The first kappa shape index (κ1) is 18.7. The molecule has 1 unspecified atom stereocenters. The molecule has 136 valence electrons. The summed E-state index contributed by atoms with van der Waals surface area (Å²) in [6.07, 6.45) is 0.458. The maximum atomic E-state index is 12.6. The quantitative estimate of drug-likeness (QED) is 0.471. The second-order valence-corrected chi connectivity index (χ2v) is 8.38. The van der Waals surface area contributed by atoms with Crippen LogP contribution in [0.4, 0.5) is 0 Å². The van der Waals surface area contributed by atoms with Crippen LogP contribution in [0.15, 0.2) is 39.6 Å². The van der Waals surface area contributed by atoms with E-state index < -0.39 is 11.2 Å². The molecule has 1 aromatic carbocycles. The summed E-state index contributed by atoms with van der Waals surface area (Å²) in [7, 11) is 0. The van der Waals surface area contributed by atoms with Crippen LogP contribution < -0.4 is 5.56 Å². The lowest BCUT2D eigenvalue weighted by Crippen LogP contribution is -2.17. The van der Waals surface area contributed by atoms with Gasteiger partial charge >= 0.3 is 5.97 Å². The van der Waals surface area contributed by atoms with E-state index in [2.05, 4.69) is 35.9 Å². The van der Waals surface area contributed by atoms with Crippen LogP contribution in [-0.2, 0) is 4.79 Å². The molecule has 0 aliphatic rings. The van der Waals surface area contributed by atoms with Crippen molar-refractivity contribution >= 4 is 39.3 Å². The Morgan fingerprint density at radius 2 is 2.00 bits per heavy atom. The number of aliphatic carboxylic acids is 1. The minimum Gasteiger partial charge on any atom is -0.480 e. The number of carboxylic acids is 1. The van der Waals surface area contributed by atoms with Gasteiger partial charge in [-0.15, -0.1) is 11.3 Å². The summed E-state index contributed by atoms with van der Waals surface area (Å²) in [4.78, 5) is 31.7. The fourth-order valence-electron chi connectivity index (χ4n) is 2.69. The number of carboxylic acid groups (broad SMARTS) is 1. The predicted octanol–water partition coefficient (Wildman–Crippen LogP) is 4.73. The number of benzene rings is 1. The van der Waals surface area contributed by atoms with E-state index in [9.17, 15) is 14.7 Å². The Kier molecular flexibility index (Phi) is 5.48. The number of aromatic nitrogens is 2. The van der Waals surface area contributed by atoms with Gasteiger partial charge in [-0.05, 0) is 23.5 Å². The number of aromatic amines is 1. The number of hydrogen-bond acceptors (Lipinski definition) is 5. The zero-order valence-corrected chi connectivity index (χ0v) is 16.4. The van der Waals surface area contributed by atoms with Crippen LogP contribution in [-0.4, -0.2) is 26.3 Å². The van der Waals surface area contributed by atoms with Crippen LogP contribution in [0, 0.1) is 0 Å². The van der Waals surface area contributed by atoms with Gasteiger partial charge in [0, 0.05) is 10.9 Å². The van der Waals surface area contributed by atoms with E-state index in [1.807, 2.05) is 17.5 Å². The molecule has 0 amide bonds. The molecule has 0 saturated heterocycles. The molecule has 3 rings (SSSR count). The van der Waals surface area contributed by atoms with Crippen molar-refractivity contribution in [2.75, 3.05) is 0 Å². The lowest BCUT2D eigenvalue weighted by atomic mass is 9.99. The van der Waals surface area contributed by atoms with Crippen molar-refractivity contribution in [3.63, 3.8) is 0 Å². The third-order valence-corrected chi connectivity index (χ3v) is 6.32. The van der Waals surface area contributed by atoms with Crippen LogP contribution in [0.1, 0.15) is 38.7 Å². The topological polar surface area (TPSA) is 83.0 Å². The summed E-state index contributed by atoms with van der Waals surface area (Å²) in [6.45, 7) is 6.08. The first-order chi connectivity index (χ1) is 12.4. The van der Waals surface area contributed by atoms with Gasteiger partial charge in [0.15, 0.2) is 5.16 Å². The molecule has 0 radical (unpaired) electrons. The Morgan fingerprint density at radius 1 is 1.31 bits per heavy atom. The summed E-state index contributed by atoms with van der Waals surface area (Å²) in [5.74, 6) is -0.453. The van der Waals surface area contributed by atoms with Gasteiger partial charge in [-0.25, -0.2) is 4.98 Å². The molecule has 0 bridgehead atoms. The summed E-state index contributed by atoms with van der Waals surface area (Å²) >= 11 is 2.48. The number of hydrogen-bond donors (Lipinski definition) is 2. The van der Waals surface area contributed by atoms with E-state index in [0.29, 0.717) is 27.7 Å². The highest BCUT2D eigenvalue weighted by Crippen LogP contribution is 2.33. The molecule has 0 aliphatic carbocycles. The zero-order valence-electron chi connectivity index (χ0n) is 14.8. The highest BCUT2D eigenvalue weighted by molar-refractivity contribution is 8.00. The minimum absolute atomic E-state index is 0.234. The second kappa shape index (κ2) is 7.63. The Bertz CT molecular complexity index is 990. The van der Waals surface area contributed by atoms with Crippen molar-refractivity contribution in [3.05, 3.63) is 45.6 Å². The standard InChI is InChI=1S/C19H20N2O3S2/c1-4-14(18(23)24)26-19-20-16(22)15-13(9-25-17(15)21-19)12-7-5-11(6-8-12)10(2)3/h5-10,14H,4H2,1-3H3,(H,23,24)(H,20,21,22). The van der Waals surface area contributed by atoms with Crippen LogP contribution in [0.5, 0.6) is 0 Å². The van der Waals surface area contributed by atoms with E-state index in [1.165, 1.54) is 16.9 Å². The van der Waals surface area contributed by atoms with Crippen LogP contribution in [0.2, 0.25) is 0 Å². The van der Waals surface area contributed by atoms with Gasteiger partial charge in [-0.2, -0.15) is 0 Å². The molecular formula is C19H20N2O3S2. The fourth-order valence-corrected chi connectivity index (χ4v) is 4.53. The number of rotatable bonds is 6. The Hall–Kier alpha value is -2.12. The monoisotopic (exact) mass is 388 g/mol. The zero-order chi connectivity index (χ0) is 18.8. The number of carbonyl (C=O) groups is 1. The van der Waals surface area contributed by atoms with E-state index in [-0.39, 0.29) is 5.56 Å². The first-order valence-corrected chi connectivity index (χ1v) is 10.2. The number of nitrogens with one attached hydrogen (secondary N) is 1. The molecule has 0 spiro atoms. The van der Waals surface area contributed by atoms with E-state index in [1.54, 1.807) is 6.92 Å². The minimum atomic E-state index is -0.905. The third-order valence-electron chi connectivity index (χ3n) is 4.21. The van der Waals surface area contributed by atoms with Crippen molar-refractivity contribution in [1.29, 1.82) is 0 Å². The Morgan fingerprint density at radius 3 is 2.58 bits per heavy atom. The summed E-state index contributed by atoms with van der Waals surface area (Å²) in [5, 5.41) is 11.4. The molecule has 2 heterocycles. The van der Waals surface area contributed by atoms with E-state index in [4.69, 9.17) is 0 Å². The average molecular weight is 389 g/mol. The largest absolute Gasteiger partial charge is 0.480 e. The molecule has 0 fully saturated rings. The molecule has 0 saturated carbocycles. The van der Waals surface area contributed by atoms with E-state index in [0.717, 1.165) is 22.9 Å². The number of nitrogens with zero attached hydrogens (tertiary/aromatic N) is 1. The van der Waals surface area contributed by atoms with Crippen LogP contribution in [0.3, 0.4) is 0 Å². The van der Waals surface area contributed by atoms with Gasteiger partial charge in [0.05, 0.1) is 5.39 Å². The van der Waals surface area contributed by atoms with Crippen LogP contribution >= 0.6 is 23.1 Å². The summed E-state index contributed by atoms with van der Waals surface area (Å²) < 4.78 is 0. The predicted molar refractivity (Wildman–Crippen MR) is 107 cm³/mol. The third kappa shape index (κ3) is 3.68. The van der Waals surface area contributed by atoms with Gasteiger partial charge < -0.3 is 10.1 Å². The van der Waals surface area contributed by atoms with Gasteiger partial charge in [-0.1, -0.05) is 56.8 Å². The molecular weight excluding hydrogens is 368 g/mol. The lowest BCUT2D eigenvalue weighted by molar-refractivity contribution is -0.136. The van der Waals surface area contributed by atoms with Crippen molar-refractivity contribution in [1.82, 2.24) is 9.97 Å². The summed E-state index contributed by atoms with van der Waals surface area (Å²) in [6, 6.07) is 8.20. The average Bonchev–Trinajstić information content (AvgIpc) is 3.04. The van der Waals surface area contributed by atoms with Crippen molar-refractivity contribution in [3.8, 4) is 11.1 Å². The molecule has 26 heavy (non-hydrogen) atoms. The van der Waals surface area contributed by atoms with Gasteiger partial charge in [0.1, 0.15) is 10.1 Å². The molecule has 2 aromatic heterocycles. The first-order valence-electron chi connectivity index (χ1n) is 8.42. The normalized spacial score (nSPS) is 12.6. The maximum absolute atomic E-state index is 12.6. The highest BCUT2D eigenvalue weighted by atomic mass is 32.2. The summed E-state index contributed by atoms with van der Waals surface area (Å²) in [5.41, 5.74) is 2.85. The highest BCUT2D eigenvalue weighted by Gasteiger charge is 2.20. The number of H-pyrrole nitrogens is 1. The Labute approximate surface area is 159 Å². The number of thioether (sulfide) groups is 1. The lowest BCUT2D eigenvalue weighted by Gasteiger charge is -2.08. The molecule has 5 nitrogen and oxygen atoms in total. The molecule has 1 atom stereocenters. The van der Waals surface area contributed by atoms with Gasteiger partial charge in [0.2, 0.25) is 0 Å². The smallest absolute Gasteiger partial charge is 0.317 e. The van der Waals surface area contributed by atoms with Gasteiger partial charge in [-0.3, -0.25) is 9.59 Å². The SMILES string of the molecule is CCC(Sc1nc2scc(-c3ccc(C(C)C)cc3)c2c(=O)[nH]1)C(=O)O. The molecule has 2 N–H and O–H groups in total. The van der Waals surface area contributed by atoms with Crippen LogP contribution in [0.25, 0.3) is 21.3 Å². The second-order valence-electron chi connectivity index (χ2n) is 6.33. The van der Waals surface area contributed by atoms with Crippen molar-refractivity contribution in [2.45, 2.75) is 43.5 Å². The molecule has 7 heteroatoms. The van der Waals surface area contributed by atoms with Crippen molar-refractivity contribution in [2.24, 2.45) is 0 Å². The van der Waals surface area contributed by atoms with E-state index >= 15 is 0 Å². The molecule has 3 aromatic rings. The maximum Gasteiger partial charge on any atom is 0.317 e. The molecule has 0 aliphatic heterocycles. The van der Waals surface area contributed by atoms with Gasteiger partial charge in [0.25, 0.3) is 5.56 Å². The van der Waals surface area contributed by atoms with Crippen molar-refractivity contribution < 1.29 is 9.90 Å².